The first-order valence-electron chi connectivity index (χ1n) is 22.7. The molecule has 0 fully saturated rings. The molecule has 68 heavy (non-hydrogen) atoms. The summed E-state index contributed by atoms with van der Waals surface area (Å²) < 4.78 is 0. The van der Waals surface area contributed by atoms with Crippen LogP contribution in [0.1, 0.15) is 22.8 Å². The Hall–Kier alpha value is -9.26. The zero-order valence-corrected chi connectivity index (χ0v) is 37.1. The largest absolute Gasteiger partial charge is 0.309 e. The van der Waals surface area contributed by atoms with Gasteiger partial charge in [-0.1, -0.05) is 133 Å². The van der Waals surface area contributed by atoms with Gasteiger partial charge in [-0.05, 0) is 142 Å². The molecule has 322 valence electrons. The van der Waals surface area contributed by atoms with E-state index in [1.165, 1.54) is 10.8 Å². The topological polar surface area (TPSA) is 58.0 Å². The van der Waals surface area contributed by atoms with Crippen LogP contribution >= 0.6 is 0 Å². The molecule has 0 unspecified atom stereocenters. The predicted molar refractivity (Wildman–Crippen MR) is 284 cm³/mol. The molecular weight excluding hydrogens is 829 g/mol. The molecule has 4 aromatic heterocycles. The number of para-hydroxylation sites is 4. The summed E-state index contributed by atoms with van der Waals surface area (Å²) in [5, 5.41) is 4.71. The Morgan fingerprint density at radius 1 is 0.235 bits per heavy atom. The summed E-state index contributed by atoms with van der Waals surface area (Å²) in [4.78, 5) is 24.0. The van der Waals surface area contributed by atoms with Gasteiger partial charge in [0.05, 0.1) is 46.5 Å². The number of anilines is 6. The maximum absolute atomic E-state index is 4.97. The summed E-state index contributed by atoms with van der Waals surface area (Å²) in [6, 6.07) is 75.5. The van der Waals surface area contributed by atoms with Crippen molar-refractivity contribution < 1.29 is 0 Å². The minimum Gasteiger partial charge on any atom is -0.309 e. The Bertz CT molecular complexity index is 3190. The van der Waals surface area contributed by atoms with Crippen LogP contribution in [0.4, 0.5) is 34.1 Å². The SMILES string of the molecule is C(=C\c1ccc(N(c2ccccc2)c2ccccc2)cn1)/c1ccc(-c2c(-c3ccc(/C=C/c4ccc(N(c5ccccc5)c5ccccc5)cn4)nc3)c3ccccc3c3ccccc23)cn1. The van der Waals surface area contributed by atoms with Gasteiger partial charge < -0.3 is 9.80 Å². The fourth-order valence-electron chi connectivity index (χ4n) is 8.85. The van der Waals surface area contributed by atoms with E-state index in [-0.39, 0.29) is 0 Å². The highest BCUT2D eigenvalue weighted by Crippen LogP contribution is 2.44. The summed E-state index contributed by atoms with van der Waals surface area (Å²) in [6.07, 6.45) is 15.9. The van der Waals surface area contributed by atoms with Crippen LogP contribution in [-0.2, 0) is 0 Å². The van der Waals surface area contributed by atoms with Gasteiger partial charge in [0.1, 0.15) is 0 Å². The number of nitrogens with zero attached hydrogens (tertiary/aromatic N) is 6. The molecule has 6 heteroatoms. The Labute approximate surface area is 396 Å². The summed E-state index contributed by atoms with van der Waals surface area (Å²) in [5.41, 5.74) is 13.9. The molecule has 0 amide bonds. The van der Waals surface area contributed by atoms with Crippen molar-refractivity contribution in [2.45, 2.75) is 0 Å². The first-order valence-corrected chi connectivity index (χ1v) is 22.7. The summed E-state index contributed by atoms with van der Waals surface area (Å²) in [5.74, 6) is 0. The minimum absolute atomic E-state index is 0.841. The molecule has 0 atom stereocenters. The van der Waals surface area contributed by atoms with Crippen molar-refractivity contribution >= 4 is 80.0 Å². The molecule has 11 rings (SSSR count). The van der Waals surface area contributed by atoms with E-state index in [0.717, 1.165) is 89.9 Å². The van der Waals surface area contributed by atoms with Crippen molar-refractivity contribution in [3.05, 3.63) is 266 Å². The number of rotatable bonds is 12. The first-order chi connectivity index (χ1) is 33.7. The fourth-order valence-corrected chi connectivity index (χ4v) is 8.85. The Balaban J connectivity index is 0.869. The number of hydrogen-bond donors (Lipinski definition) is 0. The van der Waals surface area contributed by atoms with Crippen molar-refractivity contribution in [2.75, 3.05) is 9.80 Å². The van der Waals surface area contributed by atoms with Crippen LogP contribution in [0, 0.1) is 0 Å². The third-order valence-electron chi connectivity index (χ3n) is 12.0. The molecule has 0 bridgehead atoms. The second-order valence-corrected chi connectivity index (χ2v) is 16.3. The van der Waals surface area contributed by atoms with Crippen LogP contribution in [-0.4, -0.2) is 19.9 Å². The number of fused-ring (bicyclic) bond motifs is 3. The smallest absolute Gasteiger partial charge is 0.0645 e. The van der Waals surface area contributed by atoms with Crippen molar-refractivity contribution in [2.24, 2.45) is 0 Å². The molecule has 0 N–H and O–H groups in total. The highest BCUT2D eigenvalue weighted by Gasteiger charge is 2.19. The second-order valence-electron chi connectivity index (χ2n) is 16.3. The molecule has 0 aliphatic heterocycles. The van der Waals surface area contributed by atoms with Gasteiger partial charge in [-0.15, -0.1) is 0 Å². The molecule has 4 heterocycles. The Kier molecular flexibility index (Phi) is 11.6. The van der Waals surface area contributed by atoms with Crippen molar-refractivity contribution in [3.63, 3.8) is 0 Å². The highest BCUT2D eigenvalue weighted by molar-refractivity contribution is 6.21. The number of benzene rings is 7. The normalized spacial score (nSPS) is 11.4. The summed E-state index contributed by atoms with van der Waals surface area (Å²) >= 11 is 0. The van der Waals surface area contributed by atoms with E-state index >= 15 is 0 Å². The molecule has 0 aliphatic carbocycles. The van der Waals surface area contributed by atoms with Gasteiger partial charge in [-0.25, -0.2) is 0 Å². The number of pyridine rings is 4. The van der Waals surface area contributed by atoms with Crippen LogP contribution in [0.3, 0.4) is 0 Å². The van der Waals surface area contributed by atoms with E-state index < -0.39 is 0 Å². The summed E-state index contributed by atoms with van der Waals surface area (Å²) in [6.45, 7) is 0. The van der Waals surface area contributed by atoms with Gasteiger partial charge >= 0.3 is 0 Å². The Morgan fingerprint density at radius 2 is 0.515 bits per heavy atom. The molecule has 0 aliphatic rings. The van der Waals surface area contributed by atoms with E-state index in [2.05, 4.69) is 192 Å². The van der Waals surface area contributed by atoms with E-state index in [9.17, 15) is 0 Å². The lowest BCUT2D eigenvalue weighted by Crippen LogP contribution is -2.10. The lowest BCUT2D eigenvalue weighted by atomic mass is 9.86. The molecule has 11 aromatic rings. The zero-order chi connectivity index (χ0) is 45.5. The molecule has 7 aromatic carbocycles. The maximum Gasteiger partial charge on any atom is 0.0645 e. The van der Waals surface area contributed by atoms with Crippen LogP contribution in [0.25, 0.3) is 68.1 Å². The van der Waals surface area contributed by atoms with Crippen molar-refractivity contribution in [3.8, 4) is 22.3 Å². The molecule has 0 saturated heterocycles. The van der Waals surface area contributed by atoms with Crippen LogP contribution in [0.15, 0.2) is 243 Å². The molecule has 0 spiro atoms. The highest BCUT2D eigenvalue weighted by atomic mass is 15.2. The van der Waals surface area contributed by atoms with Crippen molar-refractivity contribution in [1.82, 2.24) is 19.9 Å². The quantitative estimate of drug-likeness (QED) is 0.114. The van der Waals surface area contributed by atoms with Gasteiger partial charge in [0.15, 0.2) is 0 Å². The van der Waals surface area contributed by atoms with Gasteiger partial charge in [-0.3, -0.25) is 19.9 Å². The minimum atomic E-state index is 0.841. The average molecular weight is 873 g/mol. The molecule has 0 saturated carbocycles. The number of hydrogen-bond acceptors (Lipinski definition) is 6. The molecule has 0 radical (unpaired) electrons. The monoisotopic (exact) mass is 872 g/mol. The number of aromatic nitrogens is 4. The third kappa shape index (κ3) is 8.65. The maximum atomic E-state index is 4.97. The van der Waals surface area contributed by atoms with E-state index in [1.54, 1.807) is 0 Å². The summed E-state index contributed by atoms with van der Waals surface area (Å²) in [7, 11) is 0. The standard InChI is InChI=1S/C62H44N6/c1-5-17-51(18-6-1)67(52-19-7-2-8-20-52)55-39-37-49(65-43-55)35-33-47-31-29-45(41-63-47)61-59-27-15-13-25-57(59)58-26-14-16-28-60(58)62(61)46-30-32-48(64-42-46)34-36-50-38-40-56(44-66-50)68(53-21-9-3-10-22-53)54-23-11-4-12-24-54/h1-44H/b35-33+,36-34+. The van der Waals surface area contributed by atoms with Crippen LogP contribution in [0.5, 0.6) is 0 Å². The Morgan fingerprint density at radius 3 is 0.794 bits per heavy atom. The third-order valence-corrected chi connectivity index (χ3v) is 12.0. The predicted octanol–water partition coefficient (Wildman–Crippen LogP) is 16.2. The zero-order valence-electron chi connectivity index (χ0n) is 37.1. The lowest BCUT2D eigenvalue weighted by Gasteiger charge is -2.25. The van der Waals surface area contributed by atoms with E-state index in [4.69, 9.17) is 19.9 Å². The van der Waals surface area contributed by atoms with Crippen LogP contribution in [0.2, 0.25) is 0 Å². The van der Waals surface area contributed by atoms with Gasteiger partial charge in [0.2, 0.25) is 0 Å². The van der Waals surface area contributed by atoms with Gasteiger partial charge in [0.25, 0.3) is 0 Å². The second kappa shape index (κ2) is 19.1. The average Bonchev–Trinajstić information content (AvgIpc) is 3.42. The molecule has 6 nitrogen and oxygen atoms in total. The first kappa shape index (κ1) is 41.4. The lowest BCUT2D eigenvalue weighted by molar-refractivity contribution is 1.22. The van der Waals surface area contributed by atoms with E-state index in [0.29, 0.717) is 0 Å². The van der Waals surface area contributed by atoms with Gasteiger partial charge in [0, 0.05) is 46.3 Å². The van der Waals surface area contributed by atoms with Crippen molar-refractivity contribution in [1.29, 1.82) is 0 Å². The van der Waals surface area contributed by atoms with Gasteiger partial charge in [-0.2, -0.15) is 0 Å². The van der Waals surface area contributed by atoms with E-state index in [1.807, 2.05) is 85.5 Å². The van der Waals surface area contributed by atoms with Crippen LogP contribution < -0.4 is 9.80 Å². The fraction of sp³-hybridized carbons (Fsp3) is 0. The molecular formula is C62H44N6.